The highest BCUT2D eigenvalue weighted by molar-refractivity contribution is 7.28. The predicted molar refractivity (Wildman–Crippen MR) is 156 cm³/mol. The fraction of sp³-hybridized carbons (Fsp3) is 0.267. The van der Waals surface area contributed by atoms with Crippen LogP contribution in [0, 0.1) is 11.3 Å². The lowest BCUT2D eigenvalue weighted by Crippen LogP contribution is -2.25. The summed E-state index contributed by atoms with van der Waals surface area (Å²) in [5, 5.41) is 20.5. The van der Waals surface area contributed by atoms with Gasteiger partial charge in [0.05, 0.1) is 0 Å². The van der Waals surface area contributed by atoms with E-state index in [4.69, 9.17) is 10.4 Å². The molecule has 0 spiro atoms. The maximum absolute atomic E-state index is 11.1. The van der Waals surface area contributed by atoms with E-state index in [0.717, 1.165) is 37.8 Å². The Balaban J connectivity index is 1.50. The zero-order valence-corrected chi connectivity index (χ0v) is 22.3. The van der Waals surface area contributed by atoms with Crippen molar-refractivity contribution in [3.05, 3.63) is 69.4 Å². The number of nitriles is 1. The number of thiophene rings is 2. The number of benzene rings is 2. The lowest BCUT2D eigenvalue weighted by atomic mass is 10.0. The quantitative estimate of drug-likeness (QED) is 0.161. The van der Waals surface area contributed by atoms with Crippen molar-refractivity contribution in [3.63, 3.8) is 0 Å². The molecule has 0 radical (unpaired) electrons. The zero-order chi connectivity index (χ0) is 25.5. The number of carboxylic acids is 1. The van der Waals surface area contributed by atoms with Crippen molar-refractivity contribution in [2.45, 2.75) is 39.5 Å². The molecule has 0 bridgehead atoms. The monoisotopic (exact) mass is 514 g/mol. The molecular formula is C30H30N2O2S2. The molecule has 184 valence electrons. The van der Waals surface area contributed by atoms with Crippen LogP contribution in [0.25, 0.3) is 38.4 Å². The van der Waals surface area contributed by atoms with Crippen LogP contribution in [0.4, 0.5) is 5.69 Å². The number of hydrogen-bond donors (Lipinski definition) is 1. The molecule has 36 heavy (non-hydrogen) atoms. The second-order valence-electron chi connectivity index (χ2n) is 8.82. The van der Waals surface area contributed by atoms with Gasteiger partial charge in [-0.05, 0) is 71.7 Å². The standard InChI is InChI=1S/C30H30N2O2S2/c1-3-5-13-32(14-6-4-2)25-11-10-22-15-21(7-9-23(22)16-25)8-12-26-18-28-29(35-26)19-27(36-28)17-24(20-31)30(33)34/h7-12,15-19H,3-6,13-14H2,1-2H3,(H,33,34)/b12-8+,24-17+. The van der Waals surface area contributed by atoms with Crippen LogP contribution >= 0.6 is 22.7 Å². The number of aliphatic carboxylic acids is 1. The molecule has 0 aliphatic heterocycles. The summed E-state index contributed by atoms with van der Waals surface area (Å²) < 4.78 is 2.19. The van der Waals surface area contributed by atoms with Gasteiger partial charge in [-0.3, -0.25) is 0 Å². The molecule has 6 heteroatoms. The van der Waals surface area contributed by atoms with E-state index >= 15 is 0 Å². The highest BCUT2D eigenvalue weighted by Crippen LogP contribution is 2.35. The van der Waals surface area contributed by atoms with Crippen molar-refractivity contribution >= 4 is 72.7 Å². The van der Waals surface area contributed by atoms with Gasteiger partial charge in [-0.15, -0.1) is 22.7 Å². The maximum Gasteiger partial charge on any atom is 0.346 e. The SMILES string of the molecule is CCCCN(CCCC)c1ccc2cc(/C=C/c3cc4sc(/C=C(\C#N)C(=O)O)cc4s3)ccc2c1. The summed E-state index contributed by atoms with van der Waals surface area (Å²) in [6.07, 6.45) is 10.5. The van der Waals surface area contributed by atoms with E-state index in [1.165, 1.54) is 59.6 Å². The first-order valence-electron chi connectivity index (χ1n) is 12.4. The highest BCUT2D eigenvalue weighted by Gasteiger charge is 2.10. The molecule has 2 aromatic heterocycles. The molecule has 0 unspecified atom stereocenters. The summed E-state index contributed by atoms with van der Waals surface area (Å²) in [7, 11) is 0. The minimum atomic E-state index is -1.20. The summed E-state index contributed by atoms with van der Waals surface area (Å²) in [6.45, 7) is 6.71. The second-order valence-corrected chi connectivity index (χ2v) is 11.1. The third-order valence-electron chi connectivity index (χ3n) is 6.10. The fourth-order valence-electron chi connectivity index (χ4n) is 4.11. The Labute approximate surface area is 220 Å². The number of unbranched alkanes of at least 4 members (excludes halogenated alkanes) is 2. The van der Waals surface area contributed by atoms with Crippen LogP contribution < -0.4 is 4.90 Å². The molecule has 0 amide bonds. The molecule has 0 fully saturated rings. The minimum Gasteiger partial charge on any atom is -0.477 e. The van der Waals surface area contributed by atoms with E-state index in [0.29, 0.717) is 0 Å². The van der Waals surface area contributed by atoms with Gasteiger partial charge in [0, 0.05) is 37.9 Å². The highest BCUT2D eigenvalue weighted by atomic mass is 32.1. The molecule has 2 heterocycles. The number of hydrogen-bond acceptors (Lipinski definition) is 5. The van der Waals surface area contributed by atoms with E-state index in [1.807, 2.05) is 6.07 Å². The van der Waals surface area contributed by atoms with Crippen LogP contribution in [0.1, 0.15) is 54.8 Å². The number of fused-ring (bicyclic) bond motifs is 2. The molecule has 1 N–H and O–H groups in total. The lowest BCUT2D eigenvalue weighted by molar-refractivity contribution is -0.132. The molecule has 0 aliphatic rings. The number of carbonyl (C=O) groups is 1. The van der Waals surface area contributed by atoms with Crippen LogP contribution in [0.3, 0.4) is 0 Å². The second kappa shape index (κ2) is 12.0. The molecular weight excluding hydrogens is 484 g/mol. The summed E-state index contributed by atoms with van der Waals surface area (Å²) in [5.41, 5.74) is 2.22. The van der Waals surface area contributed by atoms with E-state index in [2.05, 4.69) is 73.4 Å². The first kappa shape index (κ1) is 25.7. The van der Waals surface area contributed by atoms with Gasteiger partial charge in [0.15, 0.2) is 0 Å². The molecule has 4 aromatic rings. The molecule has 0 atom stereocenters. The predicted octanol–water partition coefficient (Wildman–Crippen LogP) is 8.68. The maximum atomic E-state index is 11.1. The van der Waals surface area contributed by atoms with Gasteiger partial charge in [0.1, 0.15) is 11.6 Å². The average Bonchev–Trinajstić information content (AvgIpc) is 3.44. The topological polar surface area (TPSA) is 64.3 Å². The van der Waals surface area contributed by atoms with E-state index in [9.17, 15) is 4.79 Å². The largest absolute Gasteiger partial charge is 0.477 e. The van der Waals surface area contributed by atoms with Crippen LogP contribution in [0.15, 0.2) is 54.1 Å². The first-order chi connectivity index (χ1) is 17.5. The third-order valence-corrected chi connectivity index (χ3v) is 8.30. The Morgan fingerprint density at radius 1 is 0.917 bits per heavy atom. The summed E-state index contributed by atoms with van der Waals surface area (Å²) in [5.74, 6) is -1.20. The Morgan fingerprint density at radius 2 is 1.56 bits per heavy atom. The van der Waals surface area contributed by atoms with Crippen molar-refractivity contribution in [1.29, 1.82) is 5.26 Å². The van der Waals surface area contributed by atoms with Crippen molar-refractivity contribution in [2.24, 2.45) is 0 Å². The van der Waals surface area contributed by atoms with E-state index in [-0.39, 0.29) is 5.57 Å². The number of anilines is 1. The minimum absolute atomic E-state index is 0.248. The zero-order valence-electron chi connectivity index (χ0n) is 20.7. The van der Waals surface area contributed by atoms with Gasteiger partial charge >= 0.3 is 5.97 Å². The summed E-state index contributed by atoms with van der Waals surface area (Å²) in [6, 6.07) is 19.2. The Morgan fingerprint density at radius 3 is 2.22 bits per heavy atom. The van der Waals surface area contributed by atoms with Crippen molar-refractivity contribution in [3.8, 4) is 6.07 Å². The van der Waals surface area contributed by atoms with Gasteiger partial charge in [0.25, 0.3) is 0 Å². The van der Waals surface area contributed by atoms with Crippen molar-refractivity contribution in [1.82, 2.24) is 0 Å². The summed E-state index contributed by atoms with van der Waals surface area (Å²) in [4.78, 5) is 15.5. The van der Waals surface area contributed by atoms with Gasteiger partial charge in [0.2, 0.25) is 0 Å². The Bertz CT molecular complexity index is 1430. The van der Waals surface area contributed by atoms with Crippen LogP contribution in [-0.4, -0.2) is 24.2 Å². The normalized spacial score (nSPS) is 12.0. The Hall–Kier alpha value is -3.40. The van der Waals surface area contributed by atoms with E-state index in [1.54, 1.807) is 17.4 Å². The Kier molecular flexibility index (Phi) is 8.58. The number of rotatable bonds is 11. The molecule has 4 rings (SSSR count). The van der Waals surface area contributed by atoms with Gasteiger partial charge in [-0.1, -0.05) is 51.0 Å². The fourth-order valence-corrected chi connectivity index (χ4v) is 6.37. The van der Waals surface area contributed by atoms with Gasteiger partial charge in [-0.2, -0.15) is 5.26 Å². The number of nitrogens with zero attached hydrogens (tertiary/aromatic N) is 2. The van der Waals surface area contributed by atoms with Crippen molar-refractivity contribution in [2.75, 3.05) is 18.0 Å². The molecule has 0 saturated heterocycles. The van der Waals surface area contributed by atoms with E-state index < -0.39 is 5.97 Å². The molecule has 0 saturated carbocycles. The smallest absolute Gasteiger partial charge is 0.346 e. The first-order valence-corrected chi connectivity index (χ1v) is 14.0. The van der Waals surface area contributed by atoms with Crippen LogP contribution in [0.5, 0.6) is 0 Å². The molecule has 0 aliphatic carbocycles. The van der Waals surface area contributed by atoms with Crippen LogP contribution in [-0.2, 0) is 4.79 Å². The van der Waals surface area contributed by atoms with Crippen LogP contribution in [0.2, 0.25) is 0 Å². The molecule has 4 nitrogen and oxygen atoms in total. The molecule has 2 aromatic carbocycles. The average molecular weight is 515 g/mol. The lowest BCUT2D eigenvalue weighted by Gasteiger charge is -2.25. The van der Waals surface area contributed by atoms with Crippen molar-refractivity contribution < 1.29 is 9.90 Å². The van der Waals surface area contributed by atoms with Gasteiger partial charge < -0.3 is 10.0 Å². The van der Waals surface area contributed by atoms with Gasteiger partial charge in [-0.25, -0.2) is 4.79 Å². The summed E-state index contributed by atoms with van der Waals surface area (Å²) >= 11 is 3.16. The number of carboxylic acid groups (broad SMARTS) is 1. The third kappa shape index (κ3) is 6.23.